The first-order valence-corrected chi connectivity index (χ1v) is 12.5. The normalized spacial score (nSPS) is 12.2. The molecule has 0 bridgehead atoms. The number of non-ortho nitro benzene ring substituents is 1. The maximum Gasteiger partial charge on any atom is 0.269 e. The number of carbonyl (C=O) groups excluding carboxylic acids is 3. The molecule has 3 amide bonds. The van der Waals surface area contributed by atoms with Gasteiger partial charge in [-0.2, -0.15) is 0 Å². The van der Waals surface area contributed by atoms with E-state index in [2.05, 4.69) is 16.0 Å². The second kappa shape index (κ2) is 12.5. The van der Waals surface area contributed by atoms with Crippen LogP contribution in [0.15, 0.2) is 97.1 Å². The highest BCUT2D eigenvalue weighted by Crippen LogP contribution is 2.19. The zero-order valence-electron chi connectivity index (χ0n) is 21.3. The van der Waals surface area contributed by atoms with Crippen molar-refractivity contribution in [3.8, 4) is 0 Å². The number of nitro benzene ring substituents is 1. The van der Waals surface area contributed by atoms with E-state index >= 15 is 0 Å². The Kier molecular flexibility index (Phi) is 8.63. The average molecular weight is 525 g/mol. The highest BCUT2D eigenvalue weighted by molar-refractivity contribution is 6.08. The van der Waals surface area contributed by atoms with Crippen LogP contribution < -0.4 is 16.0 Å². The zero-order valence-corrected chi connectivity index (χ0v) is 21.3. The van der Waals surface area contributed by atoms with Gasteiger partial charge in [0.25, 0.3) is 11.6 Å². The predicted molar refractivity (Wildman–Crippen MR) is 148 cm³/mol. The molecule has 0 aliphatic rings. The fourth-order valence-electron chi connectivity index (χ4n) is 4.18. The summed E-state index contributed by atoms with van der Waals surface area (Å²) in [6.07, 6.45) is 0.0681. The second-order valence-corrected chi connectivity index (χ2v) is 9.11. The Labute approximate surface area is 225 Å². The van der Waals surface area contributed by atoms with Crippen LogP contribution in [0.5, 0.6) is 0 Å². The molecular weight excluding hydrogens is 496 g/mol. The smallest absolute Gasteiger partial charge is 0.269 e. The summed E-state index contributed by atoms with van der Waals surface area (Å²) in [4.78, 5) is 49.8. The summed E-state index contributed by atoms with van der Waals surface area (Å²) >= 11 is 0. The van der Waals surface area contributed by atoms with Gasteiger partial charge in [0.15, 0.2) is 0 Å². The van der Waals surface area contributed by atoms with Crippen molar-refractivity contribution < 1.29 is 19.3 Å². The molecule has 0 saturated heterocycles. The van der Waals surface area contributed by atoms with Gasteiger partial charge in [0.05, 0.1) is 4.92 Å². The van der Waals surface area contributed by atoms with Gasteiger partial charge in [-0.3, -0.25) is 24.5 Å². The van der Waals surface area contributed by atoms with Crippen molar-refractivity contribution in [1.82, 2.24) is 16.0 Å². The van der Waals surface area contributed by atoms with Crippen molar-refractivity contribution in [2.45, 2.75) is 32.0 Å². The summed E-state index contributed by atoms with van der Waals surface area (Å²) in [5.74, 6) is -1.37. The van der Waals surface area contributed by atoms with Crippen molar-refractivity contribution in [3.63, 3.8) is 0 Å². The number of carbonyl (C=O) groups is 3. The monoisotopic (exact) mass is 524 g/mol. The zero-order chi connectivity index (χ0) is 27.8. The number of nitro groups is 1. The van der Waals surface area contributed by atoms with Gasteiger partial charge in [-0.1, -0.05) is 78.9 Å². The summed E-state index contributed by atoms with van der Waals surface area (Å²) in [7, 11) is 0. The fraction of sp³-hybridized carbons (Fsp3) is 0.167. The van der Waals surface area contributed by atoms with Crippen LogP contribution in [0, 0.1) is 10.1 Å². The molecule has 0 spiro atoms. The lowest BCUT2D eigenvalue weighted by Crippen LogP contribution is -2.53. The lowest BCUT2D eigenvalue weighted by atomic mass is 10.0. The molecule has 0 aliphatic heterocycles. The molecule has 2 atom stereocenters. The number of nitrogens with one attached hydrogen (secondary N) is 3. The third-order valence-corrected chi connectivity index (χ3v) is 6.30. The Morgan fingerprint density at radius 1 is 0.769 bits per heavy atom. The summed E-state index contributed by atoms with van der Waals surface area (Å²) in [5.41, 5.74) is 1.86. The molecule has 4 aromatic rings. The molecule has 0 radical (unpaired) electrons. The SMILES string of the molecule is C[C@H](NC(=O)C(Cc1ccc([N+](=O)[O-])cc1)NC(=O)c1cccc2ccccc12)C(=O)NCc1ccccc1. The highest BCUT2D eigenvalue weighted by Gasteiger charge is 2.26. The lowest BCUT2D eigenvalue weighted by Gasteiger charge is -2.22. The topological polar surface area (TPSA) is 130 Å². The fourth-order valence-corrected chi connectivity index (χ4v) is 4.18. The number of benzene rings is 4. The Balaban J connectivity index is 1.50. The quantitative estimate of drug-likeness (QED) is 0.214. The first-order chi connectivity index (χ1) is 18.8. The van der Waals surface area contributed by atoms with Crippen molar-refractivity contribution >= 4 is 34.2 Å². The minimum absolute atomic E-state index is 0.0681. The summed E-state index contributed by atoms with van der Waals surface area (Å²) < 4.78 is 0. The van der Waals surface area contributed by atoms with Crippen LogP contribution >= 0.6 is 0 Å². The number of fused-ring (bicyclic) bond motifs is 1. The van der Waals surface area contributed by atoms with Gasteiger partial charge >= 0.3 is 0 Å². The molecule has 0 heterocycles. The van der Waals surface area contributed by atoms with E-state index in [9.17, 15) is 24.5 Å². The van der Waals surface area contributed by atoms with Gasteiger partial charge < -0.3 is 16.0 Å². The number of hydrogen-bond donors (Lipinski definition) is 3. The molecule has 3 N–H and O–H groups in total. The number of rotatable bonds is 10. The molecular formula is C30H28N4O5. The largest absolute Gasteiger partial charge is 0.350 e. The molecule has 39 heavy (non-hydrogen) atoms. The van der Waals surface area contributed by atoms with Gasteiger partial charge in [0, 0.05) is 30.7 Å². The van der Waals surface area contributed by atoms with Crippen LogP contribution in [-0.2, 0) is 22.6 Å². The van der Waals surface area contributed by atoms with Gasteiger partial charge in [-0.25, -0.2) is 0 Å². The Hall–Kier alpha value is -5.05. The summed E-state index contributed by atoms with van der Waals surface area (Å²) in [6, 6.07) is 26.0. The molecule has 4 aromatic carbocycles. The van der Waals surface area contributed by atoms with E-state index < -0.39 is 28.8 Å². The van der Waals surface area contributed by atoms with E-state index in [0.717, 1.165) is 16.3 Å². The van der Waals surface area contributed by atoms with Gasteiger partial charge in [0.1, 0.15) is 12.1 Å². The van der Waals surface area contributed by atoms with Gasteiger partial charge in [0.2, 0.25) is 11.8 Å². The number of hydrogen-bond acceptors (Lipinski definition) is 5. The molecule has 0 aromatic heterocycles. The third-order valence-electron chi connectivity index (χ3n) is 6.30. The van der Waals surface area contributed by atoms with Crippen LogP contribution in [0.2, 0.25) is 0 Å². The second-order valence-electron chi connectivity index (χ2n) is 9.11. The molecule has 9 nitrogen and oxygen atoms in total. The van der Waals surface area contributed by atoms with Crippen molar-refractivity contribution in [1.29, 1.82) is 0 Å². The Morgan fingerprint density at radius 2 is 1.44 bits per heavy atom. The Bertz CT molecular complexity index is 1480. The van der Waals surface area contributed by atoms with Crippen LogP contribution in [0.1, 0.15) is 28.4 Å². The van der Waals surface area contributed by atoms with E-state index in [0.29, 0.717) is 17.7 Å². The maximum absolute atomic E-state index is 13.3. The van der Waals surface area contributed by atoms with Crippen LogP contribution in [0.25, 0.3) is 10.8 Å². The van der Waals surface area contributed by atoms with Crippen LogP contribution in [-0.4, -0.2) is 34.7 Å². The first-order valence-electron chi connectivity index (χ1n) is 12.5. The average Bonchev–Trinajstić information content (AvgIpc) is 2.95. The van der Waals surface area contributed by atoms with Crippen LogP contribution in [0.3, 0.4) is 0 Å². The molecule has 198 valence electrons. The molecule has 9 heteroatoms. The molecule has 0 aliphatic carbocycles. The summed E-state index contributed by atoms with van der Waals surface area (Å²) in [5, 5.41) is 20.9. The number of nitrogens with zero attached hydrogens (tertiary/aromatic N) is 1. The third kappa shape index (κ3) is 7.04. The molecule has 0 saturated carbocycles. The minimum Gasteiger partial charge on any atom is -0.350 e. The summed E-state index contributed by atoms with van der Waals surface area (Å²) in [6.45, 7) is 1.87. The van der Waals surface area contributed by atoms with Crippen molar-refractivity contribution in [3.05, 3.63) is 124 Å². The van der Waals surface area contributed by atoms with E-state index in [1.807, 2.05) is 60.7 Å². The first kappa shape index (κ1) is 27.0. The van der Waals surface area contributed by atoms with Gasteiger partial charge in [-0.15, -0.1) is 0 Å². The van der Waals surface area contributed by atoms with Crippen LogP contribution in [0.4, 0.5) is 5.69 Å². The van der Waals surface area contributed by atoms with E-state index in [-0.39, 0.29) is 18.0 Å². The lowest BCUT2D eigenvalue weighted by molar-refractivity contribution is -0.384. The van der Waals surface area contributed by atoms with Gasteiger partial charge in [-0.05, 0) is 34.9 Å². The highest BCUT2D eigenvalue weighted by atomic mass is 16.6. The van der Waals surface area contributed by atoms with E-state index in [4.69, 9.17) is 0 Å². The molecule has 0 fully saturated rings. The molecule has 1 unspecified atom stereocenters. The van der Waals surface area contributed by atoms with Crippen molar-refractivity contribution in [2.75, 3.05) is 0 Å². The Morgan fingerprint density at radius 3 is 2.15 bits per heavy atom. The standard InChI is InChI=1S/C30H28N4O5/c1-20(28(35)31-19-22-8-3-2-4-9-22)32-30(37)27(18-21-14-16-24(17-15-21)34(38)39)33-29(36)26-13-7-11-23-10-5-6-12-25(23)26/h2-17,20,27H,18-19H2,1H3,(H,31,35)(H,32,37)(H,33,36)/t20-,27?/m0/s1. The predicted octanol–water partition coefficient (Wildman–Crippen LogP) is 3.91. The minimum atomic E-state index is -1.04. The van der Waals surface area contributed by atoms with Crippen molar-refractivity contribution in [2.24, 2.45) is 0 Å². The molecule has 4 rings (SSSR count). The van der Waals surface area contributed by atoms with E-state index in [1.165, 1.54) is 12.1 Å². The maximum atomic E-state index is 13.3. The number of amides is 3. The van der Waals surface area contributed by atoms with E-state index in [1.54, 1.807) is 31.2 Å².